The van der Waals surface area contributed by atoms with E-state index in [1.54, 1.807) is 0 Å². The first-order valence-electron chi connectivity index (χ1n) is 6.71. The molecule has 26 heavy (non-hydrogen) atoms. The van der Waals surface area contributed by atoms with Crippen molar-refractivity contribution in [3.8, 4) is 0 Å². The van der Waals surface area contributed by atoms with Crippen LogP contribution >= 0.6 is 0 Å². The molecule has 12 heteroatoms. The number of benzene rings is 2. The van der Waals surface area contributed by atoms with Crippen LogP contribution in [0, 0.1) is 58.2 Å². The lowest BCUT2D eigenvalue weighted by Gasteiger charge is -2.14. The Morgan fingerprint density at radius 1 is 0.423 bits per heavy atom. The van der Waals surface area contributed by atoms with Crippen molar-refractivity contribution in [1.29, 1.82) is 0 Å². The van der Waals surface area contributed by atoms with Crippen LogP contribution in [0.4, 0.5) is 43.9 Å². The van der Waals surface area contributed by atoms with Gasteiger partial charge in [0.1, 0.15) is 0 Å². The van der Waals surface area contributed by atoms with E-state index in [9.17, 15) is 43.9 Å². The fraction of sp³-hybridized carbons (Fsp3) is 0.143. The number of rotatable bonds is 4. The van der Waals surface area contributed by atoms with E-state index in [0.717, 1.165) is 6.92 Å². The number of hydrogen-bond donors (Lipinski definition) is 0. The highest BCUT2D eigenvalue weighted by Gasteiger charge is 2.30. The zero-order valence-corrected chi connectivity index (χ0v) is 12.5. The molecule has 0 heterocycles. The maximum Gasteiger partial charge on any atom is 0.200 e. The van der Waals surface area contributed by atoms with Crippen molar-refractivity contribution in [3.05, 3.63) is 58.2 Å². The predicted molar refractivity (Wildman–Crippen MR) is 72.7 cm³/mol. The first-order valence-corrected chi connectivity index (χ1v) is 6.71. The van der Waals surface area contributed by atoms with Crippen molar-refractivity contribution < 1.29 is 43.9 Å². The lowest BCUT2D eigenvalue weighted by Crippen LogP contribution is -2.36. The summed E-state index contributed by atoms with van der Waals surface area (Å²) in [5.74, 6) is -22.7. The van der Waals surface area contributed by atoms with Crippen molar-refractivity contribution >= 4 is 25.5 Å². The monoisotopic (exact) mass is 384 g/mol. The average molecular weight is 384 g/mol. The lowest BCUT2D eigenvalue weighted by molar-refractivity contribution is 0.384. The number of halogens is 10. The highest BCUT2D eigenvalue weighted by Crippen LogP contribution is 2.19. The van der Waals surface area contributed by atoms with E-state index >= 15 is 0 Å². The van der Waals surface area contributed by atoms with Crippen LogP contribution in [-0.4, -0.2) is 14.6 Å². The average Bonchev–Trinajstić information content (AvgIpc) is 2.62. The minimum atomic E-state index is -2.41. The second-order valence-corrected chi connectivity index (χ2v) is 5.16. The molecule has 0 nitrogen and oxygen atoms in total. The third kappa shape index (κ3) is 3.28. The van der Waals surface area contributed by atoms with Crippen molar-refractivity contribution in [2.75, 3.05) is 0 Å². The molecule has 0 aliphatic rings. The van der Waals surface area contributed by atoms with Gasteiger partial charge in [0, 0.05) is 0 Å². The molecule has 0 spiro atoms. The topological polar surface area (TPSA) is 0 Å². The molecule has 136 valence electrons. The molecule has 0 saturated heterocycles. The standard InChI is InChI=1S/C14H4B2F10/c1-2(15-3-5(17)9(21)13(25)10(22)6(3)18)16-4-7(19)11(23)14(26)12(24)8(4)20/h2H,1H3. The van der Waals surface area contributed by atoms with Crippen LogP contribution in [0.25, 0.3) is 0 Å². The Balaban J connectivity index is 2.39. The molecule has 0 bridgehead atoms. The van der Waals surface area contributed by atoms with Crippen molar-refractivity contribution in [1.82, 2.24) is 0 Å². The summed E-state index contributed by atoms with van der Waals surface area (Å²) < 4.78 is 133. The molecule has 2 radical (unpaired) electrons. The zero-order chi connectivity index (χ0) is 19.9. The maximum absolute atomic E-state index is 13.6. The molecule has 0 atom stereocenters. The molecule has 0 N–H and O–H groups in total. The summed E-state index contributed by atoms with van der Waals surface area (Å²) in [6, 6.07) is 0. The molecular formula is C14H4B2F10. The van der Waals surface area contributed by atoms with Gasteiger partial charge in [0.25, 0.3) is 0 Å². The van der Waals surface area contributed by atoms with Gasteiger partial charge in [-0.25, -0.2) is 43.9 Å². The van der Waals surface area contributed by atoms with Crippen molar-refractivity contribution in [2.45, 2.75) is 12.6 Å². The summed E-state index contributed by atoms with van der Waals surface area (Å²) in [6.07, 6.45) is 0. The van der Waals surface area contributed by atoms with Gasteiger partial charge in [0.15, 0.2) is 72.7 Å². The normalized spacial score (nSPS) is 11.2. The molecule has 0 aliphatic carbocycles. The Labute approximate surface area is 141 Å². The fourth-order valence-corrected chi connectivity index (χ4v) is 2.11. The van der Waals surface area contributed by atoms with Crippen molar-refractivity contribution in [2.24, 2.45) is 0 Å². The van der Waals surface area contributed by atoms with Crippen LogP contribution in [0.2, 0.25) is 5.72 Å². The Kier molecular flexibility index (Phi) is 5.62. The molecular weight excluding hydrogens is 380 g/mol. The summed E-state index contributed by atoms with van der Waals surface area (Å²) in [5.41, 5.74) is -4.29. The van der Waals surface area contributed by atoms with Crippen LogP contribution in [-0.2, 0) is 0 Å². The Morgan fingerprint density at radius 3 is 0.846 bits per heavy atom. The fourth-order valence-electron chi connectivity index (χ4n) is 2.11. The second kappa shape index (κ2) is 7.24. The first-order chi connectivity index (χ1) is 12.0. The summed E-state index contributed by atoms with van der Waals surface area (Å²) in [4.78, 5) is 0. The van der Waals surface area contributed by atoms with E-state index in [1.807, 2.05) is 0 Å². The quantitative estimate of drug-likeness (QED) is 0.329. The summed E-state index contributed by atoms with van der Waals surface area (Å²) in [7, 11) is 0.766. The summed E-state index contributed by atoms with van der Waals surface area (Å²) in [5, 5.41) is 0. The predicted octanol–water partition coefficient (Wildman–Crippen LogP) is 3.20. The highest BCUT2D eigenvalue weighted by atomic mass is 19.2. The SMILES string of the molecule is CC([B]c1c(F)c(F)c(F)c(F)c1F)[B]c1c(F)c(F)c(F)c(F)c1F. The van der Waals surface area contributed by atoms with Crippen molar-refractivity contribution in [3.63, 3.8) is 0 Å². The minimum absolute atomic E-state index is 0.383. The third-order valence-electron chi connectivity index (χ3n) is 3.35. The highest BCUT2D eigenvalue weighted by molar-refractivity contribution is 6.73. The van der Waals surface area contributed by atoms with Gasteiger partial charge in [0.05, 0.1) is 0 Å². The van der Waals surface area contributed by atoms with Gasteiger partial charge in [-0.2, -0.15) is 0 Å². The van der Waals surface area contributed by atoms with Gasteiger partial charge >= 0.3 is 0 Å². The number of hydrogen-bond acceptors (Lipinski definition) is 0. The maximum atomic E-state index is 13.6. The Bertz CT molecular complexity index is 753. The van der Waals surface area contributed by atoms with E-state index in [4.69, 9.17) is 0 Å². The van der Waals surface area contributed by atoms with E-state index in [2.05, 4.69) is 0 Å². The molecule has 0 aromatic heterocycles. The summed E-state index contributed by atoms with van der Waals surface area (Å²) in [6.45, 7) is 0.968. The second-order valence-electron chi connectivity index (χ2n) is 5.16. The smallest absolute Gasteiger partial charge is 0.200 e. The van der Waals surface area contributed by atoms with Gasteiger partial charge in [0.2, 0.25) is 0 Å². The van der Waals surface area contributed by atoms with Crippen LogP contribution < -0.4 is 10.9 Å². The molecule has 0 aliphatic heterocycles. The van der Waals surface area contributed by atoms with E-state index in [1.165, 1.54) is 0 Å². The van der Waals surface area contributed by atoms with E-state index < -0.39 is 74.8 Å². The van der Waals surface area contributed by atoms with E-state index in [-0.39, 0.29) is 0 Å². The molecule has 2 rings (SSSR count). The van der Waals surface area contributed by atoms with Crippen LogP contribution in [0.15, 0.2) is 0 Å². The van der Waals surface area contributed by atoms with E-state index in [0.29, 0.717) is 14.6 Å². The van der Waals surface area contributed by atoms with Gasteiger partial charge in [-0.15, -0.1) is 0 Å². The first kappa shape index (κ1) is 20.2. The van der Waals surface area contributed by atoms with Gasteiger partial charge < -0.3 is 0 Å². The largest absolute Gasteiger partial charge is 0.204 e. The van der Waals surface area contributed by atoms with Gasteiger partial charge in [-0.1, -0.05) is 12.6 Å². The molecule has 0 amide bonds. The Hall–Kier alpha value is -2.13. The van der Waals surface area contributed by atoms with Crippen LogP contribution in [0.5, 0.6) is 0 Å². The minimum Gasteiger partial charge on any atom is -0.204 e. The zero-order valence-electron chi connectivity index (χ0n) is 12.5. The molecule has 2 aromatic carbocycles. The lowest BCUT2D eigenvalue weighted by atomic mass is 9.41. The van der Waals surface area contributed by atoms with Gasteiger partial charge in [-0.3, -0.25) is 0 Å². The van der Waals surface area contributed by atoms with Crippen LogP contribution in [0.1, 0.15) is 6.92 Å². The Morgan fingerprint density at radius 2 is 0.615 bits per heavy atom. The summed E-state index contributed by atoms with van der Waals surface area (Å²) >= 11 is 0. The molecule has 2 aromatic rings. The van der Waals surface area contributed by atoms with Gasteiger partial charge in [-0.05, 0) is 10.9 Å². The molecule has 0 unspecified atom stereocenters. The molecule has 0 saturated carbocycles. The third-order valence-corrected chi connectivity index (χ3v) is 3.35. The van der Waals surface area contributed by atoms with Crippen LogP contribution in [0.3, 0.4) is 0 Å². The molecule has 0 fully saturated rings.